The van der Waals surface area contributed by atoms with E-state index in [9.17, 15) is 18.0 Å². The first kappa shape index (κ1) is 21.6. The highest BCUT2D eigenvalue weighted by Gasteiger charge is 2.13. The van der Waals surface area contributed by atoms with Crippen LogP contribution in [0.4, 0.5) is 11.4 Å². The maximum atomic E-state index is 12.4. The molecule has 0 heterocycles. The van der Waals surface area contributed by atoms with Crippen LogP contribution in [0.1, 0.15) is 47.7 Å². The highest BCUT2D eigenvalue weighted by atomic mass is 32.2. The van der Waals surface area contributed by atoms with Gasteiger partial charge in [0.05, 0.1) is 5.75 Å². The first-order valence-corrected chi connectivity index (χ1v) is 10.9. The standard InChI is InChI=1S/C21H26N2O4S/c1-4-13-28(26,27)23-18-9-7-17(8-10-18)22-21(25)12-11-20(24)19-14-15(2)5-6-16(19)3/h5-10,14,23H,4,11-13H2,1-3H3,(H,22,25). The van der Waals surface area contributed by atoms with Crippen LogP contribution in [0.25, 0.3) is 0 Å². The molecule has 2 aromatic carbocycles. The van der Waals surface area contributed by atoms with Gasteiger partial charge in [0.2, 0.25) is 15.9 Å². The summed E-state index contributed by atoms with van der Waals surface area (Å²) in [7, 11) is -3.35. The van der Waals surface area contributed by atoms with Gasteiger partial charge in [-0.25, -0.2) is 8.42 Å². The van der Waals surface area contributed by atoms with E-state index < -0.39 is 10.0 Å². The van der Waals surface area contributed by atoms with E-state index in [0.717, 1.165) is 11.1 Å². The summed E-state index contributed by atoms with van der Waals surface area (Å²) < 4.78 is 26.0. The van der Waals surface area contributed by atoms with Crippen LogP contribution in [0, 0.1) is 13.8 Å². The number of anilines is 2. The first-order chi connectivity index (χ1) is 13.2. The van der Waals surface area contributed by atoms with E-state index >= 15 is 0 Å². The molecule has 0 fully saturated rings. The number of benzene rings is 2. The van der Waals surface area contributed by atoms with Gasteiger partial charge in [-0.2, -0.15) is 0 Å². The maximum Gasteiger partial charge on any atom is 0.232 e. The predicted octanol–water partition coefficient (Wildman–Crippen LogP) is 4.06. The zero-order chi connectivity index (χ0) is 20.7. The van der Waals surface area contributed by atoms with Gasteiger partial charge in [0.25, 0.3) is 0 Å². The minimum absolute atomic E-state index is 0.0555. The van der Waals surface area contributed by atoms with Crippen LogP contribution < -0.4 is 10.0 Å². The van der Waals surface area contributed by atoms with Crippen molar-refractivity contribution in [1.29, 1.82) is 0 Å². The quantitative estimate of drug-likeness (QED) is 0.619. The van der Waals surface area contributed by atoms with E-state index in [2.05, 4.69) is 10.0 Å². The second kappa shape index (κ2) is 9.50. The average molecular weight is 403 g/mol. The molecular formula is C21H26N2O4S. The van der Waals surface area contributed by atoms with Crippen LogP contribution in [-0.4, -0.2) is 25.9 Å². The van der Waals surface area contributed by atoms with Gasteiger partial charge in [0, 0.05) is 29.8 Å². The monoisotopic (exact) mass is 402 g/mol. The van der Waals surface area contributed by atoms with E-state index in [4.69, 9.17) is 0 Å². The van der Waals surface area contributed by atoms with Crippen LogP contribution in [0.2, 0.25) is 0 Å². The molecule has 6 nitrogen and oxygen atoms in total. The van der Waals surface area contributed by atoms with Crippen LogP contribution in [-0.2, 0) is 14.8 Å². The molecule has 0 saturated carbocycles. The summed E-state index contributed by atoms with van der Waals surface area (Å²) in [5, 5.41) is 2.72. The third-order valence-corrected chi connectivity index (χ3v) is 5.68. The highest BCUT2D eigenvalue weighted by Crippen LogP contribution is 2.17. The number of carbonyl (C=O) groups is 2. The number of sulfonamides is 1. The summed E-state index contributed by atoms with van der Waals surface area (Å²) >= 11 is 0. The Kier molecular flexibility index (Phi) is 7.34. The lowest BCUT2D eigenvalue weighted by Gasteiger charge is -2.09. The molecular weight excluding hydrogens is 376 g/mol. The van der Waals surface area contributed by atoms with Gasteiger partial charge in [-0.1, -0.05) is 24.6 Å². The van der Waals surface area contributed by atoms with Gasteiger partial charge in [-0.05, 0) is 56.2 Å². The maximum absolute atomic E-state index is 12.4. The van der Waals surface area contributed by atoms with Crippen molar-refractivity contribution in [2.75, 3.05) is 15.8 Å². The fourth-order valence-corrected chi connectivity index (χ4v) is 3.88. The molecule has 0 bridgehead atoms. The van der Waals surface area contributed by atoms with Crippen molar-refractivity contribution in [3.8, 4) is 0 Å². The number of amides is 1. The minimum Gasteiger partial charge on any atom is -0.326 e. The Labute approximate surface area is 166 Å². The first-order valence-electron chi connectivity index (χ1n) is 9.21. The number of hydrogen-bond acceptors (Lipinski definition) is 4. The zero-order valence-electron chi connectivity index (χ0n) is 16.4. The van der Waals surface area contributed by atoms with Crippen molar-refractivity contribution in [2.24, 2.45) is 0 Å². The largest absolute Gasteiger partial charge is 0.326 e. The van der Waals surface area contributed by atoms with E-state index in [1.165, 1.54) is 0 Å². The summed E-state index contributed by atoms with van der Waals surface area (Å²) in [6.07, 6.45) is 0.742. The number of aryl methyl sites for hydroxylation is 2. The summed E-state index contributed by atoms with van der Waals surface area (Å²) in [6, 6.07) is 12.1. The van der Waals surface area contributed by atoms with Gasteiger partial charge in [-0.15, -0.1) is 0 Å². The van der Waals surface area contributed by atoms with Crippen LogP contribution in [0.3, 0.4) is 0 Å². The topological polar surface area (TPSA) is 92.3 Å². The Morgan fingerprint density at radius 3 is 2.21 bits per heavy atom. The summed E-state index contributed by atoms with van der Waals surface area (Å²) in [5.41, 5.74) is 3.54. The van der Waals surface area contributed by atoms with E-state index in [0.29, 0.717) is 23.4 Å². The lowest BCUT2D eigenvalue weighted by atomic mass is 9.99. The fourth-order valence-electron chi connectivity index (χ4n) is 2.74. The summed E-state index contributed by atoms with van der Waals surface area (Å²) in [6.45, 7) is 5.60. The van der Waals surface area contributed by atoms with Crippen molar-refractivity contribution in [3.63, 3.8) is 0 Å². The Morgan fingerprint density at radius 2 is 1.57 bits per heavy atom. The molecule has 1 amide bonds. The van der Waals surface area contributed by atoms with E-state index in [1.807, 2.05) is 32.0 Å². The Bertz CT molecular complexity index is 951. The molecule has 150 valence electrons. The molecule has 0 aromatic heterocycles. The minimum atomic E-state index is -3.35. The number of nitrogens with one attached hydrogen (secondary N) is 2. The Morgan fingerprint density at radius 1 is 0.929 bits per heavy atom. The second-order valence-electron chi connectivity index (χ2n) is 6.79. The number of carbonyl (C=O) groups excluding carboxylic acids is 2. The smallest absolute Gasteiger partial charge is 0.232 e. The van der Waals surface area contributed by atoms with Crippen LogP contribution >= 0.6 is 0 Å². The second-order valence-corrected chi connectivity index (χ2v) is 8.63. The molecule has 0 radical (unpaired) electrons. The molecule has 0 atom stereocenters. The summed E-state index contributed by atoms with van der Waals surface area (Å²) in [5.74, 6) is -0.269. The Balaban J connectivity index is 1.89. The normalized spacial score (nSPS) is 11.1. The SMILES string of the molecule is CCCS(=O)(=O)Nc1ccc(NC(=O)CCC(=O)c2cc(C)ccc2C)cc1. The number of Topliss-reactive ketones (excluding diaryl/α,β-unsaturated/α-hetero) is 1. The molecule has 0 spiro atoms. The van der Waals surface area contributed by atoms with Gasteiger partial charge in [0.15, 0.2) is 5.78 Å². The Hall–Kier alpha value is -2.67. The van der Waals surface area contributed by atoms with Gasteiger partial charge < -0.3 is 5.32 Å². The molecule has 7 heteroatoms. The highest BCUT2D eigenvalue weighted by molar-refractivity contribution is 7.92. The molecule has 0 unspecified atom stereocenters. The predicted molar refractivity (Wildman–Crippen MR) is 112 cm³/mol. The van der Waals surface area contributed by atoms with Gasteiger partial charge >= 0.3 is 0 Å². The van der Waals surface area contributed by atoms with Crippen LogP contribution in [0.5, 0.6) is 0 Å². The molecule has 2 aromatic rings. The van der Waals surface area contributed by atoms with Crippen molar-refractivity contribution in [2.45, 2.75) is 40.0 Å². The third-order valence-electron chi connectivity index (χ3n) is 4.19. The molecule has 2 rings (SSSR count). The van der Waals surface area contributed by atoms with Gasteiger partial charge in [0.1, 0.15) is 0 Å². The molecule has 0 aliphatic heterocycles. The lowest BCUT2D eigenvalue weighted by molar-refractivity contribution is -0.116. The molecule has 2 N–H and O–H groups in total. The molecule has 0 aliphatic rings. The fraction of sp³-hybridized carbons (Fsp3) is 0.333. The lowest BCUT2D eigenvalue weighted by Crippen LogP contribution is -2.16. The number of rotatable bonds is 9. The van der Waals surface area contributed by atoms with Crippen molar-refractivity contribution in [1.82, 2.24) is 0 Å². The molecule has 0 saturated heterocycles. The van der Waals surface area contributed by atoms with Crippen molar-refractivity contribution in [3.05, 3.63) is 59.2 Å². The van der Waals surface area contributed by atoms with Crippen molar-refractivity contribution >= 4 is 33.1 Å². The van der Waals surface area contributed by atoms with E-state index in [1.54, 1.807) is 31.2 Å². The van der Waals surface area contributed by atoms with Crippen molar-refractivity contribution < 1.29 is 18.0 Å². The molecule has 28 heavy (non-hydrogen) atoms. The van der Waals surface area contributed by atoms with Gasteiger partial charge in [-0.3, -0.25) is 14.3 Å². The van der Waals surface area contributed by atoms with Crippen LogP contribution in [0.15, 0.2) is 42.5 Å². The molecule has 0 aliphatic carbocycles. The third kappa shape index (κ3) is 6.49. The van der Waals surface area contributed by atoms with E-state index in [-0.39, 0.29) is 30.3 Å². The zero-order valence-corrected chi connectivity index (χ0v) is 17.2. The number of hydrogen-bond donors (Lipinski definition) is 2. The number of ketones is 1. The average Bonchev–Trinajstić information content (AvgIpc) is 2.63. The summed E-state index contributed by atoms with van der Waals surface area (Å²) in [4.78, 5) is 24.5.